The second kappa shape index (κ2) is 8.49. The van der Waals surface area contributed by atoms with Gasteiger partial charge in [-0.05, 0) is 5.56 Å². The molecule has 2 saturated heterocycles. The summed E-state index contributed by atoms with van der Waals surface area (Å²) in [5.74, 6) is 0.811. The third kappa shape index (κ3) is 4.05. The van der Waals surface area contributed by atoms with Crippen molar-refractivity contribution < 1.29 is 9.66 Å². The largest absolute Gasteiger partial charge is 0.378 e. The number of morpholine rings is 1. The Morgan fingerprint density at radius 3 is 2.14 bits per heavy atom. The van der Waals surface area contributed by atoms with E-state index in [2.05, 4.69) is 27.0 Å². The molecule has 0 spiro atoms. The fourth-order valence-electron chi connectivity index (χ4n) is 3.72. The Labute approximate surface area is 163 Å². The molecule has 0 saturated carbocycles. The molecule has 0 atom stereocenters. The first-order chi connectivity index (χ1) is 13.7. The summed E-state index contributed by atoms with van der Waals surface area (Å²) in [5, 5.41) is 11.9. The Hall–Kier alpha value is -2.78. The molecule has 1 aromatic carbocycles. The summed E-state index contributed by atoms with van der Waals surface area (Å²) in [4.78, 5) is 26.3. The third-order valence-corrected chi connectivity index (χ3v) is 5.20. The van der Waals surface area contributed by atoms with Gasteiger partial charge in [0, 0.05) is 45.8 Å². The normalized spacial score (nSPS) is 18.3. The number of aromatic nitrogens is 2. The fourth-order valence-corrected chi connectivity index (χ4v) is 3.72. The molecule has 4 rings (SSSR count). The molecule has 0 aliphatic carbocycles. The van der Waals surface area contributed by atoms with Gasteiger partial charge in [0.2, 0.25) is 11.6 Å². The van der Waals surface area contributed by atoms with E-state index in [-0.39, 0.29) is 10.6 Å². The van der Waals surface area contributed by atoms with Gasteiger partial charge in [0.25, 0.3) is 0 Å². The van der Waals surface area contributed by atoms with E-state index in [1.54, 1.807) is 0 Å². The number of rotatable bonds is 5. The number of ether oxygens (including phenoxy) is 1. The second-order valence-electron chi connectivity index (χ2n) is 6.97. The van der Waals surface area contributed by atoms with Gasteiger partial charge in [-0.2, -0.15) is 0 Å². The van der Waals surface area contributed by atoms with Crippen molar-refractivity contribution in [1.29, 1.82) is 0 Å². The van der Waals surface area contributed by atoms with Crippen molar-refractivity contribution in [3.63, 3.8) is 0 Å². The van der Waals surface area contributed by atoms with Crippen LogP contribution >= 0.6 is 0 Å². The molecule has 9 heteroatoms. The lowest BCUT2D eigenvalue weighted by Gasteiger charge is -2.35. The summed E-state index contributed by atoms with van der Waals surface area (Å²) in [6.07, 6.45) is 1.43. The summed E-state index contributed by atoms with van der Waals surface area (Å²) >= 11 is 0. The van der Waals surface area contributed by atoms with Gasteiger partial charge in [-0.3, -0.25) is 15.0 Å². The standard InChI is InChI=1S/C19H24N6O3/c26-25(27)17-18(20-15-21-19(17)24-10-12-28-13-11-24)23-8-6-22(7-9-23)14-16-4-2-1-3-5-16/h1-5,15H,6-14H2. The van der Waals surface area contributed by atoms with Gasteiger partial charge in [-0.15, -0.1) is 0 Å². The Balaban J connectivity index is 1.49. The van der Waals surface area contributed by atoms with E-state index < -0.39 is 0 Å². The quantitative estimate of drug-likeness (QED) is 0.567. The van der Waals surface area contributed by atoms with E-state index in [1.807, 2.05) is 28.0 Å². The van der Waals surface area contributed by atoms with Crippen LogP contribution in [0.1, 0.15) is 5.56 Å². The molecule has 28 heavy (non-hydrogen) atoms. The van der Waals surface area contributed by atoms with Crippen LogP contribution in [0, 0.1) is 10.1 Å². The monoisotopic (exact) mass is 384 g/mol. The Bertz CT molecular complexity index is 805. The minimum Gasteiger partial charge on any atom is -0.378 e. The highest BCUT2D eigenvalue weighted by atomic mass is 16.6. The van der Waals surface area contributed by atoms with E-state index in [0.717, 1.165) is 19.6 Å². The van der Waals surface area contributed by atoms with Crippen LogP contribution in [0.3, 0.4) is 0 Å². The van der Waals surface area contributed by atoms with Crippen molar-refractivity contribution in [2.24, 2.45) is 0 Å². The van der Waals surface area contributed by atoms with Gasteiger partial charge in [-0.25, -0.2) is 9.97 Å². The predicted molar refractivity (Wildman–Crippen MR) is 106 cm³/mol. The zero-order valence-electron chi connectivity index (χ0n) is 15.7. The lowest BCUT2D eigenvalue weighted by atomic mass is 10.2. The molecule has 9 nitrogen and oxygen atoms in total. The zero-order chi connectivity index (χ0) is 19.3. The van der Waals surface area contributed by atoms with Crippen LogP contribution in [0.5, 0.6) is 0 Å². The van der Waals surface area contributed by atoms with Crippen LogP contribution in [0.2, 0.25) is 0 Å². The first-order valence-corrected chi connectivity index (χ1v) is 9.55. The highest BCUT2D eigenvalue weighted by Crippen LogP contribution is 2.34. The van der Waals surface area contributed by atoms with Crippen LogP contribution < -0.4 is 9.80 Å². The fraction of sp³-hybridized carbons (Fsp3) is 0.474. The van der Waals surface area contributed by atoms with Crippen molar-refractivity contribution in [2.45, 2.75) is 6.54 Å². The maximum absolute atomic E-state index is 11.9. The van der Waals surface area contributed by atoms with Crippen LogP contribution in [-0.2, 0) is 11.3 Å². The highest BCUT2D eigenvalue weighted by molar-refractivity contribution is 5.71. The van der Waals surface area contributed by atoms with E-state index in [4.69, 9.17) is 4.74 Å². The smallest absolute Gasteiger partial charge is 0.353 e. The Morgan fingerprint density at radius 1 is 0.929 bits per heavy atom. The minimum absolute atomic E-state index is 0.000842. The number of nitrogens with zero attached hydrogens (tertiary/aromatic N) is 6. The summed E-state index contributed by atoms with van der Waals surface area (Å²) in [7, 11) is 0. The average molecular weight is 384 g/mol. The van der Waals surface area contributed by atoms with E-state index in [1.165, 1.54) is 11.9 Å². The Kier molecular flexibility index (Phi) is 5.63. The summed E-state index contributed by atoms with van der Waals surface area (Å²) in [5.41, 5.74) is 1.28. The first-order valence-electron chi connectivity index (χ1n) is 9.55. The molecule has 2 fully saturated rings. The lowest BCUT2D eigenvalue weighted by molar-refractivity contribution is -0.383. The molecule has 1 aromatic heterocycles. The number of hydrogen-bond donors (Lipinski definition) is 0. The van der Waals surface area contributed by atoms with Crippen molar-refractivity contribution in [2.75, 3.05) is 62.3 Å². The topological polar surface area (TPSA) is 87.9 Å². The van der Waals surface area contributed by atoms with Gasteiger partial charge in [0.05, 0.1) is 18.1 Å². The van der Waals surface area contributed by atoms with Gasteiger partial charge < -0.3 is 14.5 Å². The zero-order valence-corrected chi connectivity index (χ0v) is 15.7. The number of piperazine rings is 1. The number of benzene rings is 1. The number of nitro groups is 1. The number of anilines is 2. The molecule has 3 heterocycles. The molecule has 2 aliphatic heterocycles. The first kappa shape index (κ1) is 18.6. The maximum atomic E-state index is 11.9. The van der Waals surface area contributed by atoms with E-state index in [9.17, 15) is 10.1 Å². The van der Waals surface area contributed by atoms with Crippen LogP contribution in [-0.4, -0.2) is 72.3 Å². The van der Waals surface area contributed by atoms with E-state index >= 15 is 0 Å². The average Bonchev–Trinajstić information content (AvgIpc) is 2.75. The van der Waals surface area contributed by atoms with Crippen LogP contribution in [0.4, 0.5) is 17.3 Å². The summed E-state index contributed by atoms with van der Waals surface area (Å²) < 4.78 is 5.36. The molecular formula is C19H24N6O3. The van der Waals surface area contributed by atoms with Gasteiger partial charge in [-0.1, -0.05) is 30.3 Å². The van der Waals surface area contributed by atoms with Crippen LogP contribution in [0.15, 0.2) is 36.7 Å². The molecular weight excluding hydrogens is 360 g/mol. The number of hydrogen-bond acceptors (Lipinski definition) is 8. The molecule has 0 radical (unpaired) electrons. The predicted octanol–water partition coefficient (Wildman–Crippen LogP) is 1.54. The third-order valence-electron chi connectivity index (χ3n) is 5.20. The van der Waals surface area contributed by atoms with Crippen LogP contribution in [0.25, 0.3) is 0 Å². The van der Waals surface area contributed by atoms with Crippen molar-refractivity contribution in [3.05, 3.63) is 52.3 Å². The molecule has 0 amide bonds. The van der Waals surface area contributed by atoms with Crippen molar-refractivity contribution in [1.82, 2.24) is 14.9 Å². The maximum Gasteiger partial charge on any atom is 0.353 e. The molecule has 0 bridgehead atoms. The molecule has 0 N–H and O–H groups in total. The minimum atomic E-state index is -0.351. The highest BCUT2D eigenvalue weighted by Gasteiger charge is 2.32. The molecule has 0 unspecified atom stereocenters. The van der Waals surface area contributed by atoms with Crippen molar-refractivity contribution >= 4 is 17.3 Å². The second-order valence-corrected chi connectivity index (χ2v) is 6.97. The molecule has 2 aliphatic rings. The van der Waals surface area contributed by atoms with Crippen molar-refractivity contribution in [3.8, 4) is 0 Å². The summed E-state index contributed by atoms with van der Waals surface area (Å²) in [6.45, 7) is 6.26. The SMILES string of the molecule is O=[N+]([O-])c1c(N2CCOCC2)ncnc1N1CCN(Cc2ccccc2)CC1. The summed E-state index contributed by atoms with van der Waals surface area (Å²) in [6, 6.07) is 10.3. The molecule has 2 aromatic rings. The van der Waals surface area contributed by atoms with E-state index in [0.29, 0.717) is 51.0 Å². The Morgan fingerprint density at radius 2 is 1.54 bits per heavy atom. The van der Waals surface area contributed by atoms with Gasteiger partial charge in [0.15, 0.2) is 0 Å². The molecule has 148 valence electrons. The van der Waals surface area contributed by atoms with Gasteiger partial charge >= 0.3 is 5.69 Å². The lowest BCUT2D eigenvalue weighted by Crippen LogP contribution is -2.46. The van der Waals surface area contributed by atoms with Gasteiger partial charge in [0.1, 0.15) is 6.33 Å².